The van der Waals surface area contributed by atoms with E-state index in [0.29, 0.717) is 21.6 Å². The van der Waals surface area contributed by atoms with Gasteiger partial charge < -0.3 is 19.4 Å². The minimum Gasteiger partial charge on any atom is -0.506 e. The third kappa shape index (κ3) is 3.75. The average molecular weight is 459 g/mol. The molecule has 5 rings (SSSR count). The van der Waals surface area contributed by atoms with Gasteiger partial charge in [0, 0.05) is 17.0 Å². The lowest BCUT2D eigenvalue weighted by molar-refractivity contribution is 0.415. The van der Waals surface area contributed by atoms with Crippen LogP contribution in [0.4, 0.5) is 0 Å². The van der Waals surface area contributed by atoms with E-state index in [1.165, 1.54) is 0 Å². The molecule has 0 aliphatic carbocycles. The highest BCUT2D eigenvalue weighted by Gasteiger charge is 2.19. The van der Waals surface area contributed by atoms with Crippen molar-refractivity contribution in [3.8, 4) is 45.1 Å². The molecule has 0 aliphatic heterocycles. The number of halogens is 1. The molecule has 2 heterocycles. The van der Waals surface area contributed by atoms with Gasteiger partial charge in [0.2, 0.25) is 0 Å². The standard InChI is InChI=1S/C26H19ClN2O4/c1-14-11-23(33-29-14)24-25(30)20-12-19(21(27)13-22(20)28-26(24)31)17-5-3-15(4-6-17)16-7-9-18(32-2)10-8-16/h3-13H,1-2H3,(H2,28,30,31). The maximum Gasteiger partial charge on any atom is 0.263 e. The number of aromatic nitrogens is 2. The van der Waals surface area contributed by atoms with Crippen LogP contribution in [0.1, 0.15) is 5.69 Å². The maximum atomic E-state index is 12.6. The fourth-order valence-corrected chi connectivity index (χ4v) is 4.13. The minimum absolute atomic E-state index is 0.0335. The molecule has 0 fully saturated rings. The lowest BCUT2D eigenvalue weighted by atomic mass is 9.98. The molecule has 6 nitrogen and oxygen atoms in total. The van der Waals surface area contributed by atoms with Crippen LogP contribution in [0.5, 0.6) is 11.5 Å². The van der Waals surface area contributed by atoms with E-state index in [1.807, 2.05) is 48.5 Å². The van der Waals surface area contributed by atoms with Gasteiger partial charge in [-0.1, -0.05) is 53.2 Å². The highest BCUT2D eigenvalue weighted by atomic mass is 35.5. The van der Waals surface area contributed by atoms with E-state index in [9.17, 15) is 9.90 Å². The zero-order chi connectivity index (χ0) is 23.1. The number of hydrogen-bond donors (Lipinski definition) is 2. The molecule has 0 atom stereocenters. The first-order valence-electron chi connectivity index (χ1n) is 10.2. The molecule has 7 heteroatoms. The highest BCUT2D eigenvalue weighted by molar-refractivity contribution is 6.34. The van der Waals surface area contributed by atoms with Gasteiger partial charge >= 0.3 is 0 Å². The van der Waals surface area contributed by atoms with Crippen LogP contribution in [0.3, 0.4) is 0 Å². The molecule has 0 spiro atoms. The van der Waals surface area contributed by atoms with Crippen molar-refractivity contribution in [2.75, 3.05) is 7.11 Å². The van der Waals surface area contributed by atoms with E-state index < -0.39 is 5.56 Å². The molecule has 164 valence electrons. The van der Waals surface area contributed by atoms with Gasteiger partial charge in [0.25, 0.3) is 5.56 Å². The monoisotopic (exact) mass is 458 g/mol. The second kappa shape index (κ2) is 8.15. The Kier molecular flexibility index (Phi) is 5.15. The van der Waals surface area contributed by atoms with Crippen LogP contribution < -0.4 is 10.3 Å². The summed E-state index contributed by atoms with van der Waals surface area (Å²) in [5.41, 5.74) is 4.31. The highest BCUT2D eigenvalue weighted by Crippen LogP contribution is 2.38. The van der Waals surface area contributed by atoms with E-state index in [4.69, 9.17) is 20.9 Å². The molecule has 2 N–H and O–H groups in total. The first-order valence-corrected chi connectivity index (χ1v) is 10.6. The summed E-state index contributed by atoms with van der Waals surface area (Å²) >= 11 is 6.55. The number of pyridine rings is 1. The van der Waals surface area contributed by atoms with E-state index >= 15 is 0 Å². The van der Waals surface area contributed by atoms with Gasteiger partial charge in [-0.3, -0.25) is 4.79 Å². The summed E-state index contributed by atoms with van der Waals surface area (Å²) in [6.07, 6.45) is 0. The first kappa shape index (κ1) is 20.8. The normalized spacial score (nSPS) is 11.1. The van der Waals surface area contributed by atoms with Crippen molar-refractivity contribution in [2.45, 2.75) is 6.92 Å². The zero-order valence-corrected chi connectivity index (χ0v) is 18.6. The number of aromatic amines is 1. The average Bonchev–Trinajstić information content (AvgIpc) is 3.24. The summed E-state index contributed by atoms with van der Waals surface area (Å²) in [4.78, 5) is 15.4. The minimum atomic E-state index is -0.483. The van der Waals surface area contributed by atoms with E-state index in [0.717, 1.165) is 28.0 Å². The lowest BCUT2D eigenvalue weighted by Crippen LogP contribution is -2.09. The summed E-state index contributed by atoms with van der Waals surface area (Å²) in [6.45, 7) is 1.74. The molecular weight excluding hydrogens is 440 g/mol. The van der Waals surface area contributed by atoms with Gasteiger partial charge in [0.1, 0.15) is 17.1 Å². The molecule has 5 aromatic rings. The number of fused-ring (bicyclic) bond motifs is 1. The van der Waals surface area contributed by atoms with Gasteiger partial charge in [-0.15, -0.1) is 0 Å². The molecule has 0 unspecified atom stereocenters. The number of H-pyrrole nitrogens is 1. The van der Waals surface area contributed by atoms with Gasteiger partial charge in [-0.2, -0.15) is 0 Å². The Morgan fingerprint density at radius 1 is 0.970 bits per heavy atom. The number of rotatable bonds is 4. The number of nitrogens with one attached hydrogen (secondary N) is 1. The van der Waals surface area contributed by atoms with E-state index in [2.05, 4.69) is 10.1 Å². The Hall–Kier alpha value is -4.03. The van der Waals surface area contributed by atoms with Gasteiger partial charge in [-0.05, 0) is 47.9 Å². The van der Waals surface area contributed by atoms with Crippen molar-refractivity contribution in [3.05, 3.63) is 87.8 Å². The Balaban J connectivity index is 1.59. The van der Waals surface area contributed by atoms with Crippen molar-refractivity contribution in [1.82, 2.24) is 10.1 Å². The summed E-state index contributed by atoms with van der Waals surface area (Å²) in [6, 6.07) is 20.8. The van der Waals surface area contributed by atoms with Crippen LogP contribution in [0.2, 0.25) is 5.02 Å². The molecule has 0 radical (unpaired) electrons. The molecule has 0 aliphatic rings. The number of hydrogen-bond acceptors (Lipinski definition) is 5. The summed E-state index contributed by atoms with van der Waals surface area (Å²) in [7, 11) is 1.64. The first-order chi connectivity index (χ1) is 15.9. The Bertz CT molecular complexity index is 1530. The van der Waals surface area contributed by atoms with Gasteiger partial charge in [-0.25, -0.2) is 0 Å². The predicted molar refractivity (Wildman–Crippen MR) is 129 cm³/mol. The quantitative estimate of drug-likeness (QED) is 0.335. The molecule has 0 saturated heterocycles. The SMILES string of the molecule is COc1ccc(-c2ccc(-c3cc4c(O)c(-c5cc(C)no5)c(=O)[nH]c4cc3Cl)cc2)cc1. The van der Waals surface area contributed by atoms with E-state index in [1.54, 1.807) is 32.2 Å². The molecular formula is C26H19ClN2O4. The Labute approximate surface area is 194 Å². The van der Waals surface area contributed by atoms with Crippen LogP contribution in [-0.2, 0) is 0 Å². The van der Waals surface area contributed by atoms with Crippen LogP contribution in [0.25, 0.3) is 44.5 Å². The fourth-order valence-electron chi connectivity index (χ4n) is 3.86. The largest absolute Gasteiger partial charge is 0.506 e. The summed E-state index contributed by atoms with van der Waals surface area (Å²) in [5.74, 6) is 0.821. The third-order valence-corrected chi connectivity index (χ3v) is 5.88. The number of aryl methyl sites for hydroxylation is 1. The molecule has 3 aromatic carbocycles. The molecule has 0 saturated carbocycles. The summed E-state index contributed by atoms with van der Waals surface area (Å²) < 4.78 is 10.4. The van der Waals surface area contributed by atoms with Crippen molar-refractivity contribution >= 4 is 22.5 Å². The van der Waals surface area contributed by atoms with Crippen LogP contribution >= 0.6 is 11.6 Å². The van der Waals surface area contributed by atoms with Crippen molar-refractivity contribution < 1.29 is 14.4 Å². The second-order valence-corrected chi connectivity index (χ2v) is 8.10. The zero-order valence-electron chi connectivity index (χ0n) is 17.8. The van der Waals surface area contributed by atoms with Crippen LogP contribution in [0.15, 0.2) is 76.0 Å². The van der Waals surface area contributed by atoms with Gasteiger partial charge in [0.15, 0.2) is 5.76 Å². The lowest BCUT2D eigenvalue weighted by Gasteiger charge is -2.11. The molecule has 33 heavy (non-hydrogen) atoms. The van der Waals surface area contributed by atoms with E-state index in [-0.39, 0.29) is 17.1 Å². The smallest absolute Gasteiger partial charge is 0.263 e. The fraction of sp³-hybridized carbons (Fsp3) is 0.0769. The molecule has 0 bridgehead atoms. The van der Waals surface area contributed by atoms with Crippen molar-refractivity contribution in [1.29, 1.82) is 0 Å². The second-order valence-electron chi connectivity index (χ2n) is 7.69. The Morgan fingerprint density at radius 2 is 1.61 bits per heavy atom. The molecule has 0 amide bonds. The van der Waals surface area contributed by atoms with Gasteiger partial charge in [0.05, 0.1) is 23.3 Å². The number of aromatic hydroxyl groups is 1. The summed E-state index contributed by atoms with van der Waals surface area (Å²) in [5, 5.41) is 15.7. The number of benzene rings is 3. The Morgan fingerprint density at radius 3 is 2.21 bits per heavy atom. The number of ether oxygens (including phenoxy) is 1. The third-order valence-electron chi connectivity index (χ3n) is 5.57. The maximum absolute atomic E-state index is 12.6. The van der Waals surface area contributed by atoms with Crippen molar-refractivity contribution in [3.63, 3.8) is 0 Å². The predicted octanol–water partition coefficient (Wildman–Crippen LogP) is 6.19. The van der Waals surface area contributed by atoms with Crippen LogP contribution in [-0.4, -0.2) is 22.4 Å². The number of nitrogens with zero attached hydrogens (tertiary/aromatic N) is 1. The molecule has 2 aromatic heterocycles. The van der Waals surface area contributed by atoms with Crippen molar-refractivity contribution in [2.24, 2.45) is 0 Å². The topological polar surface area (TPSA) is 88.3 Å². The van der Waals surface area contributed by atoms with Crippen LogP contribution in [0, 0.1) is 6.92 Å². The number of methoxy groups -OCH3 is 1.